The molecule has 0 atom stereocenters. The van der Waals surface area contributed by atoms with Gasteiger partial charge in [0.2, 0.25) is 0 Å². The van der Waals surface area contributed by atoms with E-state index in [1.807, 2.05) is 0 Å². The first-order chi connectivity index (χ1) is 11.1. The van der Waals surface area contributed by atoms with Gasteiger partial charge >= 0.3 is 16.3 Å². The molecule has 0 amide bonds. The lowest BCUT2D eigenvalue weighted by Gasteiger charge is -2.11. The fourth-order valence-corrected chi connectivity index (χ4v) is 2.68. The fourth-order valence-electron chi connectivity index (χ4n) is 1.76. The van der Waals surface area contributed by atoms with Crippen LogP contribution < -0.4 is 4.18 Å². The number of aromatic hydroxyl groups is 1. The predicted octanol–water partition coefficient (Wildman–Crippen LogP) is 2.90. The van der Waals surface area contributed by atoms with Crippen molar-refractivity contribution in [3.05, 3.63) is 54.1 Å². The number of hydrogen-bond acceptors (Lipinski definition) is 6. The van der Waals surface area contributed by atoms with Gasteiger partial charge in [0.15, 0.2) is 5.71 Å². The minimum atomic E-state index is -4.93. The summed E-state index contributed by atoms with van der Waals surface area (Å²) in [5.74, 6) is -0.559. The van der Waals surface area contributed by atoms with Crippen LogP contribution in [0.1, 0.15) is 5.56 Å². The maximum atomic E-state index is 12.7. The van der Waals surface area contributed by atoms with Gasteiger partial charge in [-0.3, -0.25) is 0 Å². The number of nitrogens with zero attached hydrogens (tertiary/aromatic N) is 1. The first-order valence-corrected chi connectivity index (χ1v) is 7.67. The van der Waals surface area contributed by atoms with Crippen LogP contribution in [0.25, 0.3) is 0 Å². The Hall–Kier alpha value is -2.75. The molecule has 0 bridgehead atoms. The number of rotatable bonds is 4. The van der Waals surface area contributed by atoms with Crippen LogP contribution in [0, 0.1) is 0 Å². The average molecular weight is 361 g/mol. The zero-order chi connectivity index (χ0) is 18.0. The zero-order valence-corrected chi connectivity index (χ0v) is 12.5. The number of halogens is 3. The van der Waals surface area contributed by atoms with Gasteiger partial charge in [-0.1, -0.05) is 17.3 Å². The molecule has 0 aliphatic heterocycles. The highest BCUT2D eigenvalue weighted by atomic mass is 32.2. The molecule has 0 unspecified atom stereocenters. The van der Waals surface area contributed by atoms with E-state index in [1.54, 1.807) is 0 Å². The van der Waals surface area contributed by atoms with Crippen molar-refractivity contribution in [1.29, 1.82) is 0 Å². The van der Waals surface area contributed by atoms with Crippen LogP contribution in [0.2, 0.25) is 0 Å². The van der Waals surface area contributed by atoms with E-state index in [-0.39, 0.29) is 10.6 Å². The molecule has 0 spiro atoms. The first-order valence-electron chi connectivity index (χ1n) is 6.27. The maximum Gasteiger partial charge on any atom is 0.437 e. The number of oxime groups is 1. The van der Waals surface area contributed by atoms with Crippen LogP contribution in [0.3, 0.4) is 0 Å². The Morgan fingerprint density at radius 1 is 1.08 bits per heavy atom. The third-order valence-corrected chi connectivity index (χ3v) is 4.07. The predicted molar refractivity (Wildman–Crippen MR) is 76.7 cm³/mol. The summed E-state index contributed by atoms with van der Waals surface area (Å²) < 4.78 is 67.0. The van der Waals surface area contributed by atoms with E-state index >= 15 is 0 Å². The fraction of sp³-hybridized carbons (Fsp3) is 0.0714. The Labute approximate surface area is 134 Å². The number of phenols is 1. The SMILES string of the molecule is O=S(=O)(Oc1cccc(/C(=N/O)C(F)(F)F)c1)c1ccc(O)cc1. The standard InChI is InChI=1S/C14H10F3NO5S/c15-14(16,17)13(18-20)9-2-1-3-11(8-9)23-24(21,22)12-6-4-10(19)5-7-12/h1-8,19-20H/b18-13-. The molecule has 6 nitrogen and oxygen atoms in total. The lowest BCUT2D eigenvalue weighted by Crippen LogP contribution is -2.24. The summed E-state index contributed by atoms with van der Waals surface area (Å²) in [6.07, 6.45) is -4.93. The Morgan fingerprint density at radius 2 is 1.71 bits per heavy atom. The molecule has 0 aliphatic rings. The Balaban J connectivity index is 2.34. The van der Waals surface area contributed by atoms with Crippen molar-refractivity contribution in [1.82, 2.24) is 0 Å². The van der Waals surface area contributed by atoms with Crippen LogP contribution in [0.5, 0.6) is 11.5 Å². The molecule has 0 aliphatic carbocycles. The summed E-state index contributed by atoms with van der Waals surface area (Å²) >= 11 is 0. The molecule has 0 fully saturated rings. The van der Waals surface area contributed by atoms with Crippen molar-refractivity contribution in [2.45, 2.75) is 11.1 Å². The maximum absolute atomic E-state index is 12.7. The van der Waals surface area contributed by atoms with Gasteiger partial charge in [-0.05, 0) is 36.4 Å². The number of benzene rings is 2. The zero-order valence-electron chi connectivity index (χ0n) is 11.7. The molecule has 0 radical (unpaired) electrons. The van der Waals surface area contributed by atoms with Crippen LogP contribution in [0.4, 0.5) is 13.2 Å². The van der Waals surface area contributed by atoms with Crippen LogP contribution in [-0.4, -0.2) is 30.6 Å². The average Bonchev–Trinajstić information content (AvgIpc) is 2.47. The third-order valence-electron chi connectivity index (χ3n) is 2.81. The van der Waals surface area contributed by atoms with E-state index in [9.17, 15) is 21.6 Å². The van der Waals surface area contributed by atoms with E-state index in [1.165, 1.54) is 0 Å². The smallest absolute Gasteiger partial charge is 0.437 e. The second-order valence-electron chi connectivity index (χ2n) is 4.51. The number of alkyl halides is 3. The lowest BCUT2D eigenvalue weighted by atomic mass is 10.1. The lowest BCUT2D eigenvalue weighted by molar-refractivity contribution is -0.0601. The molecule has 0 saturated heterocycles. The van der Waals surface area contributed by atoms with Gasteiger partial charge in [0, 0.05) is 5.56 Å². The molecule has 2 aromatic rings. The van der Waals surface area contributed by atoms with Gasteiger partial charge in [-0.2, -0.15) is 21.6 Å². The monoisotopic (exact) mass is 361 g/mol. The van der Waals surface area contributed by atoms with Gasteiger partial charge in [0.1, 0.15) is 16.4 Å². The van der Waals surface area contributed by atoms with E-state index in [4.69, 9.17) is 14.5 Å². The topological polar surface area (TPSA) is 96.2 Å². The normalized spacial score (nSPS) is 12.9. The summed E-state index contributed by atoms with van der Waals surface area (Å²) in [6.45, 7) is 0. The molecule has 2 N–H and O–H groups in total. The van der Waals surface area contributed by atoms with Crippen LogP contribution in [0.15, 0.2) is 58.6 Å². The van der Waals surface area contributed by atoms with Crippen molar-refractivity contribution >= 4 is 15.8 Å². The minimum absolute atomic E-state index is 0.162. The summed E-state index contributed by atoms with van der Waals surface area (Å²) in [5.41, 5.74) is -2.15. The van der Waals surface area contributed by atoms with Crippen LogP contribution >= 0.6 is 0 Å². The van der Waals surface area contributed by atoms with E-state index in [0.29, 0.717) is 0 Å². The molecular formula is C14H10F3NO5S. The molecule has 24 heavy (non-hydrogen) atoms. The van der Waals surface area contributed by atoms with Crippen molar-refractivity contribution in [2.75, 3.05) is 0 Å². The number of phenolic OH excluding ortho intramolecular Hbond substituents is 1. The van der Waals surface area contributed by atoms with E-state index < -0.39 is 33.3 Å². The van der Waals surface area contributed by atoms with Gasteiger partial charge in [-0.15, -0.1) is 0 Å². The summed E-state index contributed by atoms with van der Waals surface area (Å²) in [4.78, 5) is -0.294. The molecule has 0 heterocycles. The summed E-state index contributed by atoms with van der Waals surface area (Å²) in [5, 5.41) is 19.9. The first kappa shape index (κ1) is 17.6. The molecule has 2 aromatic carbocycles. The quantitative estimate of drug-likeness (QED) is 0.378. The van der Waals surface area contributed by atoms with Gasteiger partial charge in [0.05, 0.1) is 0 Å². The largest absolute Gasteiger partial charge is 0.508 e. The van der Waals surface area contributed by atoms with E-state index in [0.717, 1.165) is 48.5 Å². The molecule has 0 saturated carbocycles. The van der Waals surface area contributed by atoms with Crippen molar-refractivity contribution in [3.63, 3.8) is 0 Å². The minimum Gasteiger partial charge on any atom is -0.508 e. The second kappa shape index (κ2) is 6.40. The van der Waals surface area contributed by atoms with Crippen LogP contribution in [-0.2, 0) is 10.1 Å². The summed E-state index contributed by atoms with van der Waals surface area (Å²) in [6, 6.07) is 8.40. The van der Waals surface area contributed by atoms with Gasteiger partial charge in [-0.25, -0.2) is 0 Å². The Bertz CT molecular complexity index is 861. The Morgan fingerprint density at radius 3 is 2.25 bits per heavy atom. The molecule has 128 valence electrons. The van der Waals surface area contributed by atoms with E-state index in [2.05, 4.69) is 5.16 Å². The third kappa shape index (κ3) is 3.96. The van der Waals surface area contributed by atoms with Gasteiger partial charge < -0.3 is 14.5 Å². The highest BCUT2D eigenvalue weighted by molar-refractivity contribution is 7.87. The summed E-state index contributed by atoms with van der Waals surface area (Å²) in [7, 11) is -4.31. The van der Waals surface area contributed by atoms with Crippen molar-refractivity contribution in [2.24, 2.45) is 5.16 Å². The van der Waals surface area contributed by atoms with Crippen molar-refractivity contribution in [3.8, 4) is 11.5 Å². The molecule has 2 rings (SSSR count). The molecular weight excluding hydrogens is 351 g/mol. The second-order valence-corrected chi connectivity index (χ2v) is 6.05. The molecule has 0 aromatic heterocycles. The Kier molecular flexibility index (Phi) is 4.69. The van der Waals surface area contributed by atoms with Crippen molar-refractivity contribution < 1.29 is 36.1 Å². The van der Waals surface area contributed by atoms with Gasteiger partial charge in [0.25, 0.3) is 0 Å². The molecule has 10 heteroatoms. The highest BCUT2D eigenvalue weighted by Crippen LogP contribution is 2.26. The number of hydrogen-bond donors (Lipinski definition) is 2. The highest BCUT2D eigenvalue weighted by Gasteiger charge is 2.37.